The fourth-order valence-electron chi connectivity index (χ4n) is 1.86. The van der Waals surface area contributed by atoms with Crippen LogP contribution in [0.1, 0.15) is 16.2 Å². The SMILES string of the molecule is C=Cn1cc2c(N)nc(C(=O)c3ccccc3)nc2n1. The number of benzene rings is 1. The van der Waals surface area contributed by atoms with Gasteiger partial charge in [-0.1, -0.05) is 36.9 Å². The fraction of sp³-hybridized carbons (Fsp3) is 0. The molecule has 0 saturated carbocycles. The molecule has 6 heteroatoms. The van der Waals surface area contributed by atoms with Crippen molar-refractivity contribution in [3.63, 3.8) is 0 Å². The Hall–Kier alpha value is -3.02. The molecule has 2 heterocycles. The van der Waals surface area contributed by atoms with Crippen molar-refractivity contribution in [1.29, 1.82) is 0 Å². The van der Waals surface area contributed by atoms with Gasteiger partial charge in [0.1, 0.15) is 5.82 Å². The number of nitrogens with zero attached hydrogens (tertiary/aromatic N) is 4. The Morgan fingerprint density at radius 2 is 2.00 bits per heavy atom. The Kier molecular flexibility index (Phi) is 2.76. The van der Waals surface area contributed by atoms with Crippen LogP contribution < -0.4 is 5.73 Å². The molecule has 0 unspecified atom stereocenters. The summed E-state index contributed by atoms with van der Waals surface area (Å²) >= 11 is 0. The second-order valence-electron chi connectivity index (χ2n) is 4.16. The quantitative estimate of drug-likeness (QED) is 0.729. The number of carbonyl (C=O) groups excluding carboxylic acids is 1. The van der Waals surface area contributed by atoms with E-state index in [0.29, 0.717) is 16.6 Å². The van der Waals surface area contributed by atoms with Crippen LogP contribution in [0.2, 0.25) is 0 Å². The first-order valence-electron chi connectivity index (χ1n) is 5.93. The number of carbonyl (C=O) groups is 1. The van der Waals surface area contributed by atoms with Crippen molar-refractivity contribution in [2.75, 3.05) is 5.73 Å². The molecule has 3 aromatic rings. The molecule has 3 rings (SSSR count). The van der Waals surface area contributed by atoms with Gasteiger partial charge < -0.3 is 5.73 Å². The molecule has 98 valence electrons. The number of nitrogen functional groups attached to an aromatic ring is 1. The number of nitrogens with two attached hydrogens (primary N) is 1. The number of fused-ring (bicyclic) bond motifs is 1. The number of hydrogen-bond donors (Lipinski definition) is 1. The summed E-state index contributed by atoms with van der Waals surface area (Å²) in [6, 6.07) is 8.80. The predicted molar refractivity (Wildman–Crippen MR) is 76.0 cm³/mol. The summed E-state index contributed by atoms with van der Waals surface area (Å²) in [4.78, 5) is 20.5. The molecule has 2 N–H and O–H groups in total. The van der Waals surface area contributed by atoms with E-state index in [1.807, 2.05) is 6.07 Å². The summed E-state index contributed by atoms with van der Waals surface area (Å²) in [5.41, 5.74) is 6.73. The van der Waals surface area contributed by atoms with Crippen LogP contribution in [0.5, 0.6) is 0 Å². The number of ketones is 1. The molecule has 0 atom stereocenters. The molecule has 0 radical (unpaired) electrons. The van der Waals surface area contributed by atoms with Crippen LogP contribution in [-0.4, -0.2) is 25.5 Å². The highest BCUT2D eigenvalue weighted by Gasteiger charge is 2.16. The lowest BCUT2D eigenvalue weighted by atomic mass is 10.1. The van der Waals surface area contributed by atoms with E-state index in [1.54, 1.807) is 30.5 Å². The van der Waals surface area contributed by atoms with Gasteiger partial charge in [-0.15, -0.1) is 5.10 Å². The Bertz CT molecular complexity index is 807. The molecule has 0 spiro atoms. The lowest BCUT2D eigenvalue weighted by Gasteiger charge is -2.01. The maximum Gasteiger partial charge on any atom is 0.230 e. The second kappa shape index (κ2) is 4.58. The first-order valence-corrected chi connectivity index (χ1v) is 5.93. The molecule has 0 aliphatic rings. The summed E-state index contributed by atoms with van der Waals surface area (Å²) < 4.78 is 1.48. The van der Waals surface area contributed by atoms with Crippen LogP contribution in [0, 0.1) is 0 Å². The largest absolute Gasteiger partial charge is 0.383 e. The first kappa shape index (κ1) is 12.0. The van der Waals surface area contributed by atoms with E-state index < -0.39 is 0 Å². The summed E-state index contributed by atoms with van der Waals surface area (Å²) in [6.07, 6.45) is 3.17. The van der Waals surface area contributed by atoms with Crippen LogP contribution in [0.15, 0.2) is 43.1 Å². The van der Waals surface area contributed by atoms with Crippen LogP contribution in [0.25, 0.3) is 17.2 Å². The summed E-state index contributed by atoms with van der Waals surface area (Å²) in [5, 5.41) is 4.74. The topological polar surface area (TPSA) is 86.7 Å². The highest BCUT2D eigenvalue weighted by molar-refractivity contribution is 6.07. The van der Waals surface area contributed by atoms with Crippen molar-refractivity contribution in [2.45, 2.75) is 0 Å². The summed E-state index contributed by atoms with van der Waals surface area (Å²) in [6.45, 7) is 3.61. The maximum atomic E-state index is 12.3. The molecule has 0 fully saturated rings. The van der Waals surface area contributed by atoms with Gasteiger partial charge in [0, 0.05) is 18.0 Å². The molecular weight excluding hydrogens is 254 g/mol. The highest BCUT2D eigenvalue weighted by Crippen LogP contribution is 2.17. The normalized spacial score (nSPS) is 10.6. The van der Waals surface area contributed by atoms with Gasteiger partial charge in [-0.25, -0.2) is 14.6 Å². The van der Waals surface area contributed by atoms with E-state index in [9.17, 15) is 4.79 Å². The molecule has 0 bridgehead atoms. The molecule has 6 nitrogen and oxygen atoms in total. The van der Waals surface area contributed by atoms with Crippen LogP contribution in [-0.2, 0) is 0 Å². The minimum atomic E-state index is -0.285. The molecule has 0 aliphatic carbocycles. The molecule has 1 aromatic carbocycles. The van der Waals surface area contributed by atoms with Crippen molar-refractivity contribution in [2.24, 2.45) is 0 Å². The zero-order valence-corrected chi connectivity index (χ0v) is 10.5. The van der Waals surface area contributed by atoms with Gasteiger partial charge in [-0.3, -0.25) is 4.79 Å². The van der Waals surface area contributed by atoms with Crippen molar-refractivity contribution >= 4 is 28.8 Å². The minimum absolute atomic E-state index is 0.0375. The molecule has 2 aromatic heterocycles. The summed E-state index contributed by atoms with van der Waals surface area (Å²) in [7, 11) is 0. The number of anilines is 1. The average molecular weight is 265 g/mol. The zero-order valence-electron chi connectivity index (χ0n) is 10.5. The molecule has 0 aliphatic heterocycles. The van der Waals surface area contributed by atoms with E-state index in [0.717, 1.165) is 0 Å². The minimum Gasteiger partial charge on any atom is -0.383 e. The molecule has 20 heavy (non-hydrogen) atoms. The van der Waals surface area contributed by atoms with E-state index in [2.05, 4.69) is 21.6 Å². The van der Waals surface area contributed by atoms with Gasteiger partial charge in [0.15, 0.2) is 5.65 Å². The smallest absolute Gasteiger partial charge is 0.230 e. The molecule has 0 saturated heterocycles. The van der Waals surface area contributed by atoms with Crippen LogP contribution in [0.4, 0.5) is 5.82 Å². The molecule has 0 amide bonds. The van der Waals surface area contributed by atoms with E-state index in [1.165, 1.54) is 10.9 Å². The summed E-state index contributed by atoms with van der Waals surface area (Å²) in [5.74, 6) is -0.0229. The lowest BCUT2D eigenvalue weighted by molar-refractivity contribution is 0.103. The Morgan fingerprint density at radius 3 is 2.70 bits per heavy atom. The van der Waals surface area contributed by atoms with Gasteiger partial charge >= 0.3 is 0 Å². The fourth-order valence-corrected chi connectivity index (χ4v) is 1.86. The Morgan fingerprint density at radius 1 is 1.25 bits per heavy atom. The Labute approximate surface area is 114 Å². The van der Waals surface area contributed by atoms with Crippen molar-refractivity contribution in [3.05, 3.63) is 54.5 Å². The standard InChI is InChI=1S/C14H11N5O/c1-2-19-8-10-12(15)16-14(17-13(10)18-19)11(20)9-6-4-3-5-7-9/h2-8H,1H2,(H2,15,16,17,18). The van der Waals surface area contributed by atoms with Gasteiger partial charge in [-0.05, 0) is 0 Å². The third-order valence-corrected chi connectivity index (χ3v) is 2.85. The van der Waals surface area contributed by atoms with Gasteiger partial charge in [-0.2, -0.15) is 0 Å². The average Bonchev–Trinajstić information content (AvgIpc) is 2.91. The van der Waals surface area contributed by atoms with E-state index in [4.69, 9.17) is 5.73 Å². The highest BCUT2D eigenvalue weighted by atomic mass is 16.1. The molecular formula is C14H11N5O. The third kappa shape index (κ3) is 1.93. The lowest BCUT2D eigenvalue weighted by Crippen LogP contribution is -2.09. The van der Waals surface area contributed by atoms with Crippen LogP contribution in [0.3, 0.4) is 0 Å². The maximum absolute atomic E-state index is 12.3. The third-order valence-electron chi connectivity index (χ3n) is 2.85. The predicted octanol–water partition coefficient (Wildman–Crippen LogP) is 1.74. The van der Waals surface area contributed by atoms with Gasteiger partial charge in [0.25, 0.3) is 0 Å². The van der Waals surface area contributed by atoms with E-state index >= 15 is 0 Å². The van der Waals surface area contributed by atoms with Gasteiger partial charge in [0.2, 0.25) is 11.6 Å². The van der Waals surface area contributed by atoms with Crippen molar-refractivity contribution in [1.82, 2.24) is 19.7 Å². The first-order chi connectivity index (χ1) is 9.69. The Balaban J connectivity index is 2.13. The zero-order chi connectivity index (χ0) is 14.1. The number of hydrogen-bond acceptors (Lipinski definition) is 5. The second-order valence-corrected chi connectivity index (χ2v) is 4.16. The number of aromatic nitrogens is 4. The van der Waals surface area contributed by atoms with Crippen molar-refractivity contribution in [3.8, 4) is 0 Å². The van der Waals surface area contributed by atoms with Gasteiger partial charge in [0.05, 0.1) is 5.39 Å². The van der Waals surface area contributed by atoms with E-state index in [-0.39, 0.29) is 17.4 Å². The number of rotatable bonds is 3. The monoisotopic (exact) mass is 265 g/mol. The van der Waals surface area contributed by atoms with Crippen molar-refractivity contribution < 1.29 is 4.79 Å². The van der Waals surface area contributed by atoms with Crippen LogP contribution >= 0.6 is 0 Å².